The van der Waals surface area contributed by atoms with Crippen LogP contribution in [-0.4, -0.2) is 28.5 Å². The van der Waals surface area contributed by atoms with Gasteiger partial charge in [0.2, 0.25) is 0 Å². The number of aromatic amines is 1. The van der Waals surface area contributed by atoms with Crippen LogP contribution in [0.5, 0.6) is 0 Å². The van der Waals surface area contributed by atoms with Crippen molar-refractivity contribution >= 4 is 29.2 Å². The molecule has 1 aromatic heterocycles. The number of amides is 1. The quantitative estimate of drug-likeness (QED) is 0.668. The number of nitrogens with zero attached hydrogens (tertiary/aromatic N) is 1. The van der Waals surface area contributed by atoms with Crippen LogP contribution >= 0.6 is 11.6 Å². The molecule has 26 heavy (non-hydrogen) atoms. The minimum absolute atomic E-state index is 0.114. The first kappa shape index (κ1) is 17.6. The van der Waals surface area contributed by atoms with E-state index in [4.69, 9.17) is 16.3 Å². The van der Waals surface area contributed by atoms with Gasteiger partial charge in [-0.15, -0.1) is 0 Å². The van der Waals surface area contributed by atoms with Crippen LogP contribution in [0, 0.1) is 5.82 Å². The first-order valence-corrected chi connectivity index (χ1v) is 7.92. The van der Waals surface area contributed by atoms with Gasteiger partial charge < -0.3 is 15.0 Å². The maximum absolute atomic E-state index is 13.1. The summed E-state index contributed by atoms with van der Waals surface area (Å²) in [5, 5.41) is 2.35. The third kappa shape index (κ3) is 4.25. The number of anilines is 1. The highest BCUT2D eigenvalue weighted by Crippen LogP contribution is 2.19. The molecule has 1 amide bonds. The van der Waals surface area contributed by atoms with Crippen LogP contribution in [0.15, 0.2) is 54.9 Å². The molecule has 0 atom stereocenters. The van der Waals surface area contributed by atoms with E-state index in [0.29, 0.717) is 17.1 Å². The summed E-state index contributed by atoms with van der Waals surface area (Å²) in [5.41, 5.74) is 1.43. The number of H-pyrrole nitrogens is 1. The van der Waals surface area contributed by atoms with Crippen molar-refractivity contribution in [2.45, 2.75) is 0 Å². The Bertz CT molecular complexity index is 927. The number of esters is 1. The van der Waals surface area contributed by atoms with Crippen LogP contribution < -0.4 is 5.32 Å². The molecule has 2 aromatic carbocycles. The summed E-state index contributed by atoms with van der Waals surface area (Å²) in [6, 6.07) is 10.4. The van der Waals surface area contributed by atoms with E-state index >= 15 is 0 Å². The lowest BCUT2D eigenvalue weighted by molar-refractivity contribution is -0.119. The Hall–Kier alpha value is -3.19. The summed E-state index contributed by atoms with van der Waals surface area (Å²) in [4.78, 5) is 30.9. The van der Waals surface area contributed by atoms with E-state index < -0.39 is 24.3 Å². The molecule has 3 rings (SSSR count). The number of ether oxygens (including phenoxy) is 1. The SMILES string of the molecule is O=C(COC(=O)c1ccc(-c2ncc[nH]2)cc1)Nc1ccc(F)c(Cl)c1. The van der Waals surface area contributed by atoms with Crippen LogP contribution in [-0.2, 0) is 9.53 Å². The van der Waals surface area contributed by atoms with Gasteiger partial charge in [-0.1, -0.05) is 23.7 Å². The number of benzene rings is 2. The van der Waals surface area contributed by atoms with Crippen LogP contribution in [0.3, 0.4) is 0 Å². The summed E-state index contributed by atoms with van der Waals surface area (Å²) in [6.45, 7) is -0.478. The number of aromatic nitrogens is 2. The van der Waals surface area contributed by atoms with Gasteiger partial charge >= 0.3 is 5.97 Å². The highest BCUT2D eigenvalue weighted by molar-refractivity contribution is 6.31. The van der Waals surface area contributed by atoms with E-state index in [0.717, 1.165) is 11.6 Å². The molecule has 6 nitrogen and oxygen atoms in total. The summed E-state index contributed by atoms with van der Waals surface area (Å²) in [6.07, 6.45) is 3.33. The summed E-state index contributed by atoms with van der Waals surface area (Å²) < 4.78 is 18.0. The minimum atomic E-state index is -0.636. The van der Waals surface area contributed by atoms with Gasteiger partial charge in [-0.05, 0) is 30.3 Å². The van der Waals surface area contributed by atoms with Crippen molar-refractivity contribution in [3.8, 4) is 11.4 Å². The van der Waals surface area contributed by atoms with Crippen LogP contribution in [0.25, 0.3) is 11.4 Å². The van der Waals surface area contributed by atoms with E-state index in [1.165, 1.54) is 12.1 Å². The predicted octanol–water partition coefficient (Wildman–Crippen LogP) is 3.66. The number of halogens is 2. The van der Waals surface area contributed by atoms with E-state index in [2.05, 4.69) is 15.3 Å². The van der Waals surface area contributed by atoms with Crippen molar-refractivity contribution in [3.63, 3.8) is 0 Å². The molecule has 0 radical (unpaired) electrons. The van der Waals surface area contributed by atoms with Gasteiger partial charge in [0.1, 0.15) is 11.6 Å². The van der Waals surface area contributed by atoms with Crippen molar-refractivity contribution in [2.24, 2.45) is 0 Å². The fourth-order valence-corrected chi connectivity index (χ4v) is 2.35. The Morgan fingerprint density at radius 2 is 1.96 bits per heavy atom. The number of carbonyl (C=O) groups excluding carboxylic acids is 2. The molecule has 132 valence electrons. The number of rotatable bonds is 5. The fraction of sp³-hybridized carbons (Fsp3) is 0.0556. The van der Waals surface area contributed by atoms with Crippen molar-refractivity contribution in [3.05, 3.63) is 71.3 Å². The summed E-state index contributed by atoms with van der Waals surface area (Å²) in [7, 11) is 0. The number of hydrogen-bond acceptors (Lipinski definition) is 4. The van der Waals surface area contributed by atoms with Crippen molar-refractivity contribution in [1.82, 2.24) is 9.97 Å². The molecule has 1 heterocycles. The van der Waals surface area contributed by atoms with Crippen molar-refractivity contribution < 1.29 is 18.7 Å². The number of nitrogens with one attached hydrogen (secondary N) is 2. The summed E-state index contributed by atoms with van der Waals surface area (Å²) in [5.74, 6) is -1.10. The lowest BCUT2D eigenvalue weighted by atomic mass is 10.1. The molecule has 0 aliphatic rings. The largest absolute Gasteiger partial charge is 0.452 e. The van der Waals surface area contributed by atoms with Gasteiger partial charge in [-0.3, -0.25) is 4.79 Å². The van der Waals surface area contributed by atoms with Gasteiger partial charge in [0.05, 0.1) is 10.6 Å². The zero-order valence-corrected chi connectivity index (χ0v) is 14.1. The Labute approximate surface area is 153 Å². The molecule has 0 aliphatic heterocycles. The zero-order chi connectivity index (χ0) is 18.5. The third-order valence-corrected chi connectivity index (χ3v) is 3.72. The van der Waals surface area contributed by atoms with Crippen molar-refractivity contribution in [2.75, 3.05) is 11.9 Å². The van der Waals surface area contributed by atoms with Crippen LogP contribution in [0.4, 0.5) is 10.1 Å². The maximum atomic E-state index is 13.1. The molecule has 0 saturated heterocycles. The van der Waals surface area contributed by atoms with Gasteiger partial charge in [0.25, 0.3) is 5.91 Å². The van der Waals surface area contributed by atoms with Gasteiger partial charge in [-0.2, -0.15) is 0 Å². The standard InChI is InChI=1S/C18H13ClFN3O3/c19-14-9-13(5-6-15(14)20)23-16(24)10-26-18(25)12-3-1-11(2-4-12)17-21-7-8-22-17/h1-9H,10H2,(H,21,22)(H,23,24). The Kier molecular flexibility index (Phi) is 5.28. The minimum Gasteiger partial charge on any atom is -0.452 e. The molecule has 8 heteroatoms. The third-order valence-electron chi connectivity index (χ3n) is 3.43. The van der Waals surface area contributed by atoms with Crippen molar-refractivity contribution in [1.29, 1.82) is 0 Å². The van der Waals surface area contributed by atoms with E-state index in [-0.39, 0.29) is 5.02 Å². The molecular formula is C18H13ClFN3O3. The lowest BCUT2D eigenvalue weighted by Crippen LogP contribution is -2.20. The highest BCUT2D eigenvalue weighted by atomic mass is 35.5. The number of carbonyl (C=O) groups is 2. The van der Waals surface area contributed by atoms with Crippen LogP contribution in [0.2, 0.25) is 5.02 Å². The molecule has 0 aliphatic carbocycles. The van der Waals surface area contributed by atoms with E-state index in [9.17, 15) is 14.0 Å². The van der Waals surface area contributed by atoms with E-state index in [1.54, 1.807) is 36.7 Å². The molecule has 3 aromatic rings. The average Bonchev–Trinajstić information content (AvgIpc) is 3.18. The highest BCUT2D eigenvalue weighted by Gasteiger charge is 2.12. The predicted molar refractivity (Wildman–Crippen MR) is 94.3 cm³/mol. The lowest BCUT2D eigenvalue weighted by Gasteiger charge is -2.07. The molecule has 0 spiro atoms. The molecule has 0 unspecified atom stereocenters. The molecule has 0 bridgehead atoms. The summed E-state index contributed by atoms with van der Waals surface area (Å²) >= 11 is 5.64. The van der Waals surface area contributed by atoms with E-state index in [1.807, 2.05) is 0 Å². The first-order valence-electron chi connectivity index (χ1n) is 7.55. The second-order valence-corrected chi connectivity index (χ2v) is 5.68. The number of imidazole rings is 1. The average molecular weight is 374 g/mol. The first-order chi connectivity index (χ1) is 12.5. The zero-order valence-electron chi connectivity index (χ0n) is 13.3. The Morgan fingerprint density at radius 3 is 2.62 bits per heavy atom. The van der Waals surface area contributed by atoms with Gasteiger partial charge in [-0.25, -0.2) is 14.2 Å². The molecule has 0 fully saturated rings. The normalized spacial score (nSPS) is 10.4. The topological polar surface area (TPSA) is 84.1 Å². The maximum Gasteiger partial charge on any atom is 0.338 e. The van der Waals surface area contributed by atoms with Crippen LogP contribution in [0.1, 0.15) is 10.4 Å². The second kappa shape index (κ2) is 7.79. The molecular weight excluding hydrogens is 361 g/mol. The smallest absolute Gasteiger partial charge is 0.338 e. The number of hydrogen-bond donors (Lipinski definition) is 2. The van der Waals surface area contributed by atoms with Gasteiger partial charge in [0.15, 0.2) is 6.61 Å². The Balaban J connectivity index is 1.54. The fourth-order valence-electron chi connectivity index (χ4n) is 2.17. The second-order valence-electron chi connectivity index (χ2n) is 5.27. The molecule has 2 N–H and O–H groups in total. The van der Waals surface area contributed by atoms with Gasteiger partial charge in [0, 0.05) is 23.6 Å². The Morgan fingerprint density at radius 1 is 1.19 bits per heavy atom. The molecule has 0 saturated carbocycles. The monoisotopic (exact) mass is 373 g/mol.